The number of ketones is 1. The number of pyridine rings is 1. The lowest BCUT2D eigenvalue weighted by atomic mass is 10.1. The van der Waals surface area contributed by atoms with E-state index < -0.39 is 23.5 Å². The molecule has 0 aliphatic rings. The zero-order valence-electron chi connectivity index (χ0n) is 16.5. The van der Waals surface area contributed by atoms with Gasteiger partial charge in [0.05, 0.1) is 16.7 Å². The highest BCUT2D eigenvalue weighted by Gasteiger charge is 2.31. The van der Waals surface area contributed by atoms with E-state index in [1.807, 2.05) is 0 Å². The van der Waals surface area contributed by atoms with E-state index in [-0.39, 0.29) is 34.3 Å². The molecule has 1 aromatic carbocycles. The van der Waals surface area contributed by atoms with E-state index >= 15 is 0 Å². The van der Waals surface area contributed by atoms with Crippen LogP contribution in [-0.4, -0.2) is 26.4 Å². The Morgan fingerprint density at radius 3 is 2.58 bits per heavy atom. The van der Waals surface area contributed by atoms with Crippen molar-refractivity contribution in [3.05, 3.63) is 70.0 Å². The van der Waals surface area contributed by atoms with Crippen LogP contribution in [0.15, 0.2) is 42.2 Å². The number of aromatic nitrogens is 2. The van der Waals surface area contributed by atoms with Crippen LogP contribution >= 0.6 is 0 Å². The molecule has 0 radical (unpaired) electrons. The minimum absolute atomic E-state index is 0.0207. The van der Waals surface area contributed by atoms with Gasteiger partial charge in [-0.1, -0.05) is 11.6 Å². The van der Waals surface area contributed by atoms with Crippen LogP contribution in [0.5, 0.6) is 0 Å². The zero-order valence-corrected chi connectivity index (χ0v) is 16.5. The van der Waals surface area contributed by atoms with Crippen molar-refractivity contribution in [3.63, 3.8) is 0 Å². The van der Waals surface area contributed by atoms with Crippen molar-refractivity contribution in [2.24, 2.45) is 0 Å². The first-order chi connectivity index (χ1) is 14.5. The van der Waals surface area contributed by atoms with E-state index in [0.717, 1.165) is 12.1 Å². The van der Waals surface area contributed by atoms with Crippen LogP contribution < -0.4 is 0 Å². The van der Waals surface area contributed by atoms with Crippen LogP contribution in [0.2, 0.25) is 0 Å². The molecule has 0 saturated heterocycles. The van der Waals surface area contributed by atoms with Crippen LogP contribution in [0, 0.1) is 18.3 Å². The van der Waals surface area contributed by atoms with Gasteiger partial charge in [0.15, 0.2) is 5.78 Å². The molecule has 0 spiro atoms. The number of hydrogen-bond donors (Lipinski definition) is 1. The molecule has 0 bridgehead atoms. The molecule has 9 heteroatoms. The van der Waals surface area contributed by atoms with Gasteiger partial charge in [-0.3, -0.25) is 4.79 Å². The van der Waals surface area contributed by atoms with Crippen LogP contribution in [0.25, 0.3) is 17.1 Å². The molecule has 3 rings (SSSR count). The second kappa shape index (κ2) is 8.07. The average Bonchev–Trinajstić information content (AvgIpc) is 3.02. The zero-order chi connectivity index (χ0) is 22.9. The molecular formula is C22H16F3N3O3. The van der Waals surface area contributed by atoms with Gasteiger partial charge in [-0.05, 0) is 43.7 Å². The molecule has 0 saturated carbocycles. The number of carbonyl (C=O) groups excluding carboxylic acids is 1. The van der Waals surface area contributed by atoms with Crippen LogP contribution in [-0.2, 0) is 17.5 Å². The predicted molar refractivity (Wildman–Crippen MR) is 106 cm³/mol. The lowest BCUT2D eigenvalue weighted by Crippen LogP contribution is -2.08. The van der Waals surface area contributed by atoms with E-state index in [1.54, 1.807) is 19.1 Å². The maximum atomic E-state index is 13.2. The van der Waals surface area contributed by atoms with Crippen LogP contribution in [0.1, 0.15) is 39.5 Å². The Kier molecular flexibility index (Phi) is 5.66. The summed E-state index contributed by atoms with van der Waals surface area (Å²) in [6.45, 7) is 2.73. The first kappa shape index (κ1) is 21.8. The number of alkyl halides is 3. The van der Waals surface area contributed by atoms with Gasteiger partial charge in [-0.15, -0.1) is 0 Å². The second-order valence-corrected chi connectivity index (χ2v) is 7.01. The molecule has 158 valence electrons. The first-order valence-corrected chi connectivity index (χ1v) is 9.03. The lowest BCUT2D eigenvalue weighted by Gasteiger charge is -2.12. The third kappa shape index (κ3) is 4.48. The number of halogens is 3. The van der Waals surface area contributed by atoms with E-state index in [9.17, 15) is 33.1 Å². The van der Waals surface area contributed by atoms with Crippen molar-refractivity contribution in [3.8, 4) is 6.07 Å². The summed E-state index contributed by atoms with van der Waals surface area (Å²) in [7, 11) is 0. The van der Waals surface area contributed by atoms with Crippen molar-refractivity contribution in [2.75, 3.05) is 0 Å². The largest absolute Gasteiger partial charge is 0.478 e. The molecule has 2 heterocycles. The SMILES string of the molecule is CC(=O)/C(C#N)=C/c1cn(Cc2cc(C)cc(C(F)(F)F)c2)c2nccc(C(=O)O)c12. The maximum Gasteiger partial charge on any atom is 0.416 e. The predicted octanol–water partition coefficient (Wildman–Crippen LogP) is 4.61. The summed E-state index contributed by atoms with van der Waals surface area (Å²) < 4.78 is 41.1. The van der Waals surface area contributed by atoms with Gasteiger partial charge in [0.25, 0.3) is 0 Å². The molecule has 0 aliphatic heterocycles. The molecule has 0 atom stereocenters. The Morgan fingerprint density at radius 1 is 1.29 bits per heavy atom. The van der Waals surface area contributed by atoms with Crippen molar-refractivity contribution in [2.45, 2.75) is 26.6 Å². The Morgan fingerprint density at radius 2 is 2.00 bits per heavy atom. The Bertz CT molecular complexity index is 1280. The van der Waals surface area contributed by atoms with E-state index in [2.05, 4.69) is 4.98 Å². The third-order valence-corrected chi connectivity index (χ3v) is 4.63. The van der Waals surface area contributed by atoms with Gasteiger partial charge in [-0.2, -0.15) is 18.4 Å². The molecule has 3 aromatic rings. The van der Waals surface area contributed by atoms with Gasteiger partial charge in [0.2, 0.25) is 0 Å². The number of Topliss-reactive ketones (excluding diaryl/α,β-unsaturated/α-hetero) is 1. The summed E-state index contributed by atoms with van der Waals surface area (Å²) in [4.78, 5) is 27.6. The third-order valence-electron chi connectivity index (χ3n) is 4.63. The second-order valence-electron chi connectivity index (χ2n) is 7.01. The van der Waals surface area contributed by atoms with Gasteiger partial charge in [-0.25, -0.2) is 9.78 Å². The Labute approximate surface area is 174 Å². The number of aromatic carboxylic acids is 1. The number of allylic oxidation sites excluding steroid dienone is 1. The molecule has 0 unspecified atom stereocenters. The molecule has 6 nitrogen and oxygen atoms in total. The number of carboxylic acids is 1. The fraction of sp³-hybridized carbons (Fsp3) is 0.182. The summed E-state index contributed by atoms with van der Waals surface area (Å²) >= 11 is 0. The molecular weight excluding hydrogens is 411 g/mol. The number of fused-ring (bicyclic) bond motifs is 1. The number of rotatable bonds is 5. The first-order valence-electron chi connectivity index (χ1n) is 9.03. The maximum absolute atomic E-state index is 13.2. The summed E-state index contributed by atoms with van der Waals surface area (Å²) in [5.41, 5.74) is 0.156. The minimum Gasteiger partial charge on any atom is -0.478 e. The van der Waals surface area contributed by atoms with Gasteiger partial charge in [0.1, 0.15) is 11.7 Å². The van der Waals surface area contributed by atoms with Gasteiger partial charge < -0.3 is 9.67 Å². The normalized spacial score (nSPS) is 12.1. The van der Waals surface area contributed by atoms with Crippen molar-refractivity contribution < 1.29 is 27.9 Å². The number of hydrogen-bond acceptors (Lipinski definition) is 4. The van der Waals surface area contributed by atoms with E-state index in [0.29, 0.717) is 11.1 Å². The number of nitriles is 1. The average molecular weight is 427 g/mol. The molecule has 0 amide bonds. The van der Waals surface area contributed by atoms with Crippen molar-refractivity contribution >= 4 is 28.9 Å². The molecule has 2 aromatic heterocycles. The molecule has 1 N–H and O–H groups in total. The highest BCUT2D eigenvalue weighted by atomic mass is 19.4. The monoisotopic (exact) mass is 427 g/mol. The number of nitrogens with zero attached hydrogens (tertiary/aromatic N) is 3. The fourth-order valence-corrected chi connectivity index (χ4v) is 3.34. The van der Waals surface area contributed by atoms with Gasteiger partial charge in [0, 0.05) is 29.9 Å². The number of carboxylic acid groups (broad SMARTS) is 1. The molecule has 0 fully saturated rings. The smallest absolute Gasteiger partial charge is 0.416 e. The molecule has 0 aliphatic carbocycles. The molecule has 31 heavy (non-hydrogen) atoms. The number of aryl methyl sites for hydroxylation is 1. The fourth-order valence-electron chi connectivity index (χ4n) is 3.34. The standard InChI is InChI=1S/C22H16F3N3O3/c1-12-5-14(7-17(6-12)22(23,24)25)10-28-11-16(8-15(9-26)13(2)29)19-18(21(30)31)3-4-27-20(19)28/h3-8,11H,10H2,1-2H3,(H,30,31)/b15-8+. The highest BCUT2D eigenvalue weighted by molar-refractivity contribution is 6.08. The van der Waals surface area contributed by atoms with E-state index in [4.69, 9.17) is 0 Å². The van der Waals surface area contributed by atoms with Gasteiger partial charge >= 0.3 is 12.1 Å². The Hall–Kier alpha value is -3.93. The number of carbonyl (C=O) groups is 2. The summed E-state index contributed by atoms with van der Waals surface area (Å²) in [6.07, 6.45) is -0.499. The summed E-state index contributed by atoms with van der Waals surface area (Å²) in [5.74, 6) is -1.74. The Balaban J connectivity index is 2.23. The van der Waals surface area contributed by atoms with E-state index in [1.165, 1.54) is 36.0 Å². The lowest BCUT2D eigenvalue weighted by molar-refractivity contribution is -0.137. The summed E-state index contributed by atoms with van der Waals surface area (Å²) in [6, 6.07) is 6.69. The highest BCUT2D eigenvalue weighted by Crippen LogP contribution is 2.32. The number of benzene rings is 1. The van der Waals surface area contributed by atoms with Crippen molar-refractivity contribution in [1.82, 2.24) is 9.55 Å². The van der Waals surface area contributed by atoms with Crippen molar-refractivity contribution in [1.29, 1.82) is 5.26 Å². The topological polar surface area (TPSA) is 96.0 Å². The quantitative estimate of drug-likeness (QED) is 0.474. The van der Waals surface area contributed by atoms with Crippen LogP contribution in [0.3, 0.4) is 0 Å². The van der Waals surface area contributed by atoms with Crippen LogP contribution in [0.4, 0.5) is 13.2 Å². The summed E-state index contributed by atoms with van der Waals surface area (Å²) in [5, 5.41) is 18.9. The minimum atomic E-state index is -4.51.